The lowest BCUT2D eigenvalue weighted by Gasteiger charge is -2.26. The minimum atomic E-state index is -0.883. The normalized spacial score (nSPS) is 11.3. The Morgan fingerprint density at radius 2 is 2.00 bits per heavy atom. The van der Waals surface area contributed by atoms with Crippen LogP contribution in [-0.2, 0) is 13.0 Å². The molecule has 1 aromatic heterocycles. The maximum absolute atomic E-state index is 11.1. The maximum atomic E-state index is 11.1. The van der Waals surface area contributed by atoms with E-state index in [1.54, 1.807) is 6.92 Å². The third-order valence-electron chi connectivity index (χ3n) is 3.61. The first-order chi connectivity index (χ1) is 10.5. The fourth-order valence-corrected chi connectivity index (χ4v) is 3.23. The highest BCUT2D eigenvalue weighted by Crippen LogP contribution is 2.19. The van der Waals surface area contributed by atoms with Crippen LogP contribution in [0.1, 0.15) is 39.8 Å². The molecule has 0 radical (unpaired) electrons. The lowest BCUT2D eigenvalue weighted by atomic mass is 10.2. The summed E-state index contributed by atoms with van der Waals surface area (Å²) in [6.07, 6.45) is 0.782. The third kappa shape index (κ3) is 4.39. The fourth-order valence-electron chi connectivity index (χ4n) is 2.33. The van der Waals surface area contributed by atoms with E-state index in [1.807, 2.05) is 6.07 Å². The van der Waals surface area contributed by atoms with Crippen LogP contribution in [-0.4, -0.2) is 33.5 Å². The second-order valence-corrected chi connectivity index (χ2v) is 6.71. The summed E-state index contributed by atoms with van der Waals surface area (Å²) in [5.41, 5.74) is 1.91. The smallest absolute Gasteiger partial charge is 0.347 e. The maximum Gasteiger partial charge on any atom is 0.347 e. The second kappa shape index (κ2) is 7.51. The predicted octanol–water partition coefficient (Wildman–Crippen LogP) is 3.60. The van der Waals surface area contributed by atoms with E-state index in [0.29, 0.717) is 16.6 Å². The van der Waals surface area contributed by atoms with Crippen LogP contribution < -0.4 is 0 Å². The van der Waals surface area contributed by atoms with Crippen molar-refractivity contribution in [3.8, 4) is 0 Å². The van der Waals surface area contributed by atoms with Gasteiger partial charge in [-0.05, 0) is 26.3 Å². The molecule has 0 saturated heterocycles. The first-order valence-electron chi connectivity index (χ1n) is 7.45. The van der Waals surface area contributed by atoms with E-state index < -0.39 is 5.97 Å². The molecule has 118 valence electrons. The largest absolute Gasteiger partial charge is 0.477 e. The van der Waals surface area contributed by atoms with Crippen molar-refractivity contribution >= 4 is 17.3 Å². The van der Waals surface area contributed by atoms with Gasteiger partial charge in [-0.25, -0.2) is 9.78 Å². The summed E-state index contributed by atoms with van der Waals surface area (Å²) >= 11 is 1.29. The number of aromatic carboxylic acids is 1. The van der Waals surface area contributed by atoms with Gasteiger partial charge in [0.05, 0.1) is 10.7 Å². The molecular formula is C17H22N2O2S. The number of thiazole rings is 1. The molecule has 22 heavy (non-hydrogen) atoms. The molecule has 5 heteroatoms. The number of hydrogen-bond acceptors (Lipinski definition) is 4. The van der Waals surface area contributed by atoms with E-state index in [4.69, 9.17) is 5.11 Å². The summed E-state index contributed by atoms with van der Waals surface area (Å²) in [5.74, 6) is -0.883. The zero-order chi connectivity index (χ0) is 16.1. The van der Waals surface area contributed by atoms with Gasteiger partial charge in [-0.2, -0.15) is 0 Å². The van der Waals surface area contributed by atoms with Crippen molar-refractivity contribution in [3.05, 3.63) is 51.5 Å². The van der Waals surface area contributed by atoms with Crippen molar-refractivity contribution in [2.75, 3.05) is 6.54 Å². The molecule has 0 spiro atoms. The van der Waals surface area contributed by atoms with Crippen molar-refractivity contribution in [2.45, 2.75) is 39.8 Å². The Bertz CT molecular complexity index is 623. The molecule has 1 heterocycles. The highest BCUT2D eigenvalue weighted by molar-refractivity contribution is 7.13. The van der Waals surface area contributed by atoms with Crippen molar-refractivity contribution in [2.24, 2.45) is 0 Å². The highest BCUT2D eigenvalue weighted by atomic mass is 32.1. The van der Waals surface area contributed by atoms with Crippen molar-refractivity contribution < 1.29 is 9.90 Å². The molecule has 0 aliphatic rings. The van der Waals surface area contributed by atoms with Crippen LogP contribution in [0, 0.1) is 6.92 Å². The number of carboxylic acids is 1. The molecule has 0 fully saturated rings. The van der Waals surface area contributed by atoms with E-state index >= 15 is 0 Å². The molecule has 0 bridgehead atoms. The summed E-state index contributed by atoms with van der Waals surface area (Å²) in [7, 11) is 0. The molecule has 1 aromatic carbocycles. The van der Waals surface area contributed by atoms with Gasteiger partial charge in [-0.3, -0.25) is 4.90 Å². The van der Waals surface area contributed by atoms with Crippen molar-refractivity contribution in [3.63, 3.8) is 0 Å². The molecule has 0 saturated carbocycles. The zero-order valence-electron chi connectivity index (χ0n) is 13.2. The lowest BCUT2D eigenvalue weighted by molar-refractivity contribution is 0.0701. The van der Waals surface area contributed by atoms with E-state index in [2.05, 4.69) is 48.0 Å². The SMILES string of the molecule is Cc1nc(CCN(Cc2ccccc2)C(C)C)sc1C(=O)O. The zero-order valence-corrected chi connectivity index (χ0v) is 14.1. The van der Waals surface area contributed by atoms with Crippen LogP contribution in [0.4, 0.5) is 0 Å². The summed E-state index contributed by atoms with van der Waals surface area (Å²) in [6, 6.07) is 10.8. The van der Waals surface area contributed by atoms with E-state index in [0.717, 1.165) is 24.5 Å². The lowest BCUT2D eigenvalue weighted by Crippen LogP contribution is -2.32. The number of hydrogen-bond donors (Lipinski definition) is 1. The van der Waals surface area contributed by atoms with Gasteiger partial charge in [0.2, 0.25) is 0 Å². The standard InChI is InChI=1S/C17H22N2O2S/c1-12(2)19(11-14-7-5-4-6-8-14)10-9-15-18-13(3)16(22-15)17(20)21/h4-8,12H,9-11H2,1-3H3,(H,20,21). The Balaban J connectivity index is 2.00. The second-order valence-electron chi connectivity index (χ2n) is 5.63. The van der Waals surface area contributed by atoms with Crippen molar-refractivity contribution in [1.29, 1.82) is 0 Å². The van der Waals surface area contributed by atoms with Crippen LogP contribution in [0.15, 0.2) is 30.3 Å². The molecule has 0 unspecified atom stereocenters. The molecule has 0 aliphatic heterocycles. The molecule has 0 amide bonds. The van der Waals surface area contributed by atoms with Gasteiger partial charge >= 0.3 is 5.97 Å². The summed E-state index contributed by atoms with van der Waals surface area (Å²) in [4.78, 5) is 18.2. The third-order valence-corrected chi connectivity index (χ3v) is 4.81. The number of rotatable bonds is 7. The van der Waals surface area contributed by atoms with Crippen molar-refractivity contribution in [1.82, 2.24) is 9.88 Å². The van der Waals surface area contributed by atoms with Gasteiger partial charge in [0, 0.05) is 25.6 Å². The average molecular weight is 318 g/mol. The van der Waals surface area contributed by atoms with Crippen LogP contribution >= 0.6 is 11.3 Å². The summed E-state index contributed by atoms with van der Waals surface area (Å²) in [5, 5.41) is 10.00. The van der Waals surface area contributed by atoms with Gasteiger partial charge in [-0.15, -0.1) is 11.3 Å². The average Bonchev–Trinajstić information content (AvgIpc) is 2.85. The predicted molar refractivity (Wildman–Crippen MR) is 89.5 cm³/mol. The quantitative estimate of drug-likeness (QED) is 0.847. The van der Waals surface area contributed by atoms with Gasteiger partial charge in [-0.1, -0.05) is 30.3 Å². The number of benzene rings is 1. The number of aromatic nitrogens is 1. The molecule has 0 aliphatic carbocycles. The molecule has 4 nitrogen and oxygen atoms in total. The Kier molecular flexibility index (Phi) is 5.69. The van der Waals surface area contributed by atoms with Crippen LogP contribution in [0.5, 0.6) is 0 Å². The Hall–Kier alpha value is -1.72. The van der Waals surface area contributed by atoms with Gasteiger partial charge in [0.1, 0.15) is 4.88 Å². The van der Waals surface area contributed by atoms with Crippen LogP contribution in [0.25, 0.3) is 0 Å². The topological polar surface area (TPSA) is 53.4 Å². The van der Waals surface area contributed by atoms with Gasteiger partial charge in [0.15, 0.2) is 0 Å². The molecular weight excluding hydrogens is 296 g/mol. The van der Waals surface area contributed by atoms with Crippen LogP contribution in [0.3, 0.4) is 0 Å². The van der Waals surface area contributed by atoms with Gasteiger partial charge < -0.3 is 5.11 Å². The number of carbonyl (C=O) groups is 1. The summed E-state index contributed by atoms with van der Waals surface area (Å²) in [6.45, 7) is 7.89. The molecule has 2 aromatic rings. The molecule has 2 rings (SSSR count). The van der Waals surface area contributed by atoms with E-state index in [1.165, 1.54) is 16.9 Å². The Morgan fingerprint density at radius 1 is 1.32 bits per heavy atom. The highest BCUT2D eigenvalue weighted by Gasteiger charge is 2.16. The fraction of sp³-hybridized carbons (Fsp3) is 0.412. The molecule has 0 atom stereocenters. The molecule has 1 N–H and O–H groups in total. The first-order valence-corrected chi connectivity index (χ1v) is 8.26. The Labute approximate surface area is 135 Å². The number of nitrogens with zero attached hydrogens (tertiary/aromatic N) is 2. The monoisotopic (exact) mass is 318 g/mol. The van der Waals surface area contributed by atoms with Gasteiger partial charge in [0.25, 0.3) is 0 Å². The van der Waals surface area contributed by atoms with E-state index in [-0.39, 0.29) is 0 Å². The minimum absolute atomic E-state index is 0.356. The number of aryl methyl sites for hydroxylation is 1. The summed E-state index contributed by atoms with van der Waals surface area (Å²) < 4.78 is 0. The number of carboxylic acid groups (broad SMARTS) is 1. The Morgan fingerprint density at radius 3 is 2.55 bits per heavy atom. The first kappa shape index (κ1) is 16.6. The minimum Gasteiger partial charge on any atom is -0.477 e. The van der Waals surface area contributed by atoms with E-state index in [9.17, 15) is 4.79 Å². The van der Waals surface area contributed by atoms with Crippen LogP contribution in [0.2, 0.25) is 0 Å².